The van der Waals surface area contributed by atoms with Crippen molar-refractivity contribution in [1.82, 2.24) is 5.32 Å². The Balaban J connectivity index is 1.95. The summed E-state index contributed by atoms with van der Waals surface area (Å²) in [5, 5.41) is 3.63. The van der Waals surface area contributed by atoms with Crippen LogP contribution in [0, 0.1) is 5.82 Å². The molecule has 3 atom stereocenters. The summed E-state index contributed by atoms with van der Waals surface area (Å²) in [4.78, 5) is 0. The van der Waals surface area contributed by atoms with Crippen LogP contribution in [0.3, 0.4) is 0 Å². The van der Waals surface area contributed by atoms with E-state index in [1.807, 2.05) is 6.07 Å². The lowest BCUT2D eigenvalue weighted by Gasteiger charge is -2.22. The lowest BCUT2D eigenvalue weighted by atomic mass is 9.89. The maximum Gasteiger partial charge on any atom is 0.123 e. The lowest BCUT2D eigenvalue weighted by Crippen LogP contribution is -2.32. The Hall–Kier alpha value is -1.67. The molecule has 0 radical (unpaired) electrons. The first-order valence-electron chi connectivity index (χ1n) is 6.37. The summed E-state index contributed by atoms with van der Waals surface area (Å²) in [6.07, 6.45) is 7.41. The summed E-state index contributed by atoms with van der Waals surface area (Å²) < 4.78 is 13.5. The monoisotopic (exact) mass is 239 g/mol. The van der Waals surface area contributed by atoms with E-state index < -0.39 is 0 Å². The van der Waals surface area contributed by atoms with Gasteiger partial charge < -0.3 is 5.32 Å². The van der Waals surface area contributed by atoms with E-state index in [9.17, 15) is 4.39 Å². The van der Waals surface area contributed by atoms with Crippen LogP contribution in [0.15, 0.2) is 48.6 Å². The van der Waals surface area contributed by atoms with E-state index in [1.54, 1.807) is 12.1 Å². The molecule has 1 aromatic carbocycles. The zero-order chi connectivity index (χ0) is 12.3. The number of nitrogens with one attached hydrogen (secondary N) is 1. The summed E-state index contributed by atoms with van der Waals surface area (Å²) in [7, 11) is 0. The Morgan fingerprint density at radius 2 is 2.22 bits per heavy atom. The van der Waals surface area contributed by atoms with Gasteiger partial charge in [0.1, 0.15) is 5.82 Å². The molecule has 1 nitrogen and oxygen atoms in total. The highest BCUT2D eigenvalue weighted by molar-refractivity contribution is 5.78. The highest BCUT2D eigenvalue weighted by Crippen LogP contribution is 2.51. The van der Waals surface area contributed by atoms with Crippen molar-refractivity contribution in [3.63, 3.8) is 0 Å². The third kappa shape index (κ3) is 1.30. The Labute approximate surface area is 106 Å². The van der Waals surface area contributed by atoms with Gasteiger partial charge in [-0.3, -0.25) is 0 Å². The van der Waals surface area contributed by atoms with Crippen LogP contribution in [0.25, 0.3) is 5.57 Å². The fourth-order valence-corrected chi connectivity index (χ4v) is 3.23. The van der Waals surface area contributed by atoms with Gasteiger partial charge in [-0.15, -0.1) is 0 Å². The number of fused-ring (bicyclic) bond motifs is 5. The van der Waals surface area contributed by atoms with Crippen molar-refractivity contribution in [1.29, 1.82) is 0 Å². The van der Waals surface area contributed by atoms with Crippen LogP contribution in [0.2, 0.25) is 0 Å². The fourth-order valence-electron chi connectivity index (χ4n) is 3.23. The summed E-state index contributed by atoms with van der Waals surface area (Å²) in [5.41, 5.74) is 4.76. The van der Waals surface area contributed by atoms with Crippen LogP contribution in [-0.4, -0.2) is 12.1 Å². The minimum atomic E-state index is -0.155. The predicted octanol–water partition coefficient (Wildman–Crippen LogP) is 3.16. The van der Waals surface area contributed by atoms with Crippen LogP contribution in [-0.2, 0) is 0 Å². The highest BCUT2D eigenvalue weighted by atomic mass is 19.1. The fraction of sp³-hybridized carbons (Fsp3) is 0.250. The molecule has 1 saturated carbocycles. The van der Waals surface area contributed by atoms with Crippen molar-refractivity contribution in [3.05, 3.63) is 65.5 Å². The van der Waals surface area contributed by atoms with Crippen LogP contribution >= 0.6 is 0 Å². The molecule has 90 valence electrons. The zero-order valence-electron chi connectivity index (χ0n) is 9.99. The van der Waals surface area contributed by atoms with E-state index in [4.69, 9.17) is 0 Å². The normalized spacial score (nSPS) is 31.9. The molecular weight excluding hydrogens is 225 g/mol. The molecule has 0 aromatic heterocycles. The van der Waals surface area contributed by atoms with Crippen LogP contribution in [0.5, 0.6) is 0 Å². The van der Waals surface area contributed by atoms with Gasteiger partial charge in [0.2, 0.25) is 0 Å². The van der Waals surface area contributed by atoms with Crippen molar-refractivity contribution in [2.45, 2.75) is 24.4 Å². The van der Waals surface area contributed by atoms with Crippen molar-refractivity contribution in [2.75, 3.05) is 0 Å². The summed E-state index contributed by atoms with van der Waals surface area (Å²) >= 11 is 0. The maximum atomic E-state index is 13.5. The van der Waals surface area contributed by atoms with Gasteiger partial charge in [-0.2, -0.15) is 0 Å². The smallest absolute Gasteiger partial charge is 0.123 e. The maximum absolute atomic E-state index is 13.5. The molecular formula is C16H14FN. The van der Waals surface area contributed by atoms with E-state index >= 15 is 0 Å². The second-order valence-corrected chi connectivity index (χ2v) is 5.27. The van der Waals surface area contributed by atoms with Gasteiger partial charge in [0.05, 0.1) is 0 Å². The van der Waals surface area contributed by atoms with E-state index in [0.29, 0.717) is 18.0 Å². The first-order valence-corrected chi connectivity index (χ1v) is 6.37. The van der Waals surface area contributed by atoms with Crippen molar-refractivity contribution in [3.8, 4) is 0 Å². The van der Waals surface area contributed by atoms with Gasteiger partial charge >= 0.3 is 0 Å². The van der Waals surface area contributed by atoms with E-state index in [-0.39, 0.29) is 5.82 Å². The SMILES string of the molecule is C=C1C2NC3CC=CC=C3c3ccc(F)cc3C12. The second kappa shape index (κ2) is 3.42. The molecule has 2 aliphatic carbocycles. The Kier molecular flexibility index (Phi) is 1.95. The molecule has 0 spiro atoms. The minimum absolute atomic E-state index is 0.155. The van der Waals surface area contributed by atoms with E-state index in [2.05, 4.69) is 30.1 Å². The van der Waals surface area contributed by atoms with Crippen LogP contribution in [0.4, 0.5) is 4.39 Å². The number of halogens is 1. The number of benzene rings is 1. The average Bonchev–Trinajstić information content (AvgIpc) is 3.03. The topological polar surface area (TPSA) is 12.0 Å². The third-order valence-electron chi connectivity index (χ3n) is 4.22. The second-order valence-electron chi connectivity index (χ2n) is 5.27. The lowest BCUT2D eigenvalue weighted by molar-refractivity contribution is 0.609. The van der Waals surface area contributed by atoms with Crippen molar-refractivity contribution in [2.24, 2.45) is 0 Å². The molecule has 1 fully saturated rings. The van der Waals surface area contributed by atoms with Crippen molar-refractivity contribution < 1.29 is 4.39 Å². The van der Waals surface area contributed by atoms with E-state index in [1.165, 1.54) is 16.7 Å². The summed E-state index contributed by atoms with van der Waals surface area (Å²) in [6.45, 7) is 4.10. The summed E-state index contributed by atoms with van der Waals surface area (Å²) in [6, 6.07) is 5.81. The van der Waals surface area contributed by atoms with Gasteiger partial charge in [-0.25, -0.2) is 4.39 Å². The first kappa shape index (κ1) is 10.3. The molecule has 0 amide bonds. The van der Waals surface area contributed by atoms with Crippen LogP contribution in [0.1, 0.15) is 23.5 Å². The molecule has 4 rings (SSSR count). The molecule has 3 aliphatic rings. The molecule has 1 aliphatic heterocycles. The average molecular weight is 239 g/mol. The number of hydrogen-bond acceptors (Lipinski definition) is 1. The van der Waals surface area contributed by atoms with Gasteiger partial charge in [-0.05, 0) is 35.3 Å². The van der Waals surface area contributed by atoms with Crippen LogP contribution < -0.4 is 5.32 Å². The number of hydrogen-bond donors (Lipinski definition) is 1. The highest BCUT2D eigenvalue weighted by Gasteiger charge is 2.48. The Morgan fingerprint density at radius 1 is 1.33 bits per heavy atom. The molecule has 1 heterocycles. The van der Waals surface area contributed by atoms with Gasteiger partial charge in [-0.1, -0.05) is 36.4 Å². The minimum Gasteiger partial charge on any atom is -0.302 e. The quantitative estimate of drug-likeness (QED) is 0.686. The predicted molar refractivity (Wildman–Crippen MR) is 70.7 cm³/mol. The first-order chi connectivity index (χ1) is 8.75. The molecule has 3 unspecified atom stereocenters. The Bertz CT molecular complexity index is 612. The molecule has 1 aromatic rings. The standard InChI is InChI=1S/C16H14FN/c1-9-15-13-8-10(17)6-7-11(13)12-4-2-3-5-14(12)18-16(9)15/h2-4,6-8,14-16,18H,1,5H2. The van der Waals surface area contributed by atoms with Gasteiger partial charge in [0.15, 0.2) is 0 Å². The molecule has 18 heavy (non-hydrogen) atoms. The molecule has 2 heteroatoms. The van der Waals surface area contributed by atoms with Gasteiger partial charge in [0, 0.05) is 18.0 Å². The number of rotatable bonds is 0. The molecule has 1 N–H and O–H groups in total. The zero-order valence-corrected chi connectivity index (χ0v) is 9.99. The van der Waals surface area contributed by atoms with E-state index in [0.717, 1.165) is 12.0 Å². The van der Waals surface area contributed by atoms with Gasteiger partial charge in [0.25, 0.3) is 0 Å². The van der Waals surface area contributed by atoms with Crippen molar-refractivity contribution >= 4 is 5.57 Å². The Morgan fingerprint density at radius 3 is 3.11 bits per heavy atom. The molecule has 0 saturated heterocycles. The largest absolute Gasteiger partial charge is 0.302 e. The third-order valence-corrected chi connectivity index (χ3v) is 4.22. The molecule has 0 bridgehead atoms. The summed E-state index contributed by atoms with van der Waals surface area (Å²) in [5.74, 6) is 0.139. The number of allylic oxidation sites excluding steroid dienone is 2.